The predicted octanol–water partition coefficient (Wildman–Crippen LogP) is 4.38. The topological polar surface area (TPSA) is 29.1 Å². The molecule has 18 heavy (non-hydrogen) atoms. The lowest BCUT2D eigenvalue weighted by molar-refractivity contribution is -0.123. The third-order valence-corrected chi connectivity index (χ3v) is 5.60. The Bertz CT molecular complexity index is 245. The van der Waals surface area contributed by atoms with Crippen molar-refractivity contribution in [2.45, 2.75) is 60.8 Å². The smallest absolute Gasteiger partial charge is 0.220 e. The highest BCUT2D eigenvalue weighted by Crippen LogP contribution is 2.29. The monoisotopic (exact) mass is 319 g/mol. The maximum Gasteiger partial charge on any atom is 0.220 e. The molecule has 0 radical (unpaired) electrons. The average Bonchev–Trinajstić information content (AvgIpc) is 2.30. The molecule has 0 heterocycles. The van der Waals surface area contributed by atoms with Crippen molar-refractivity contribution >= 4 is 21.8 Å². The number of carbonyl (C=O) groups is 1. The van der Waals surface area contributed by atoms with E-state index in [1.165, 1.54) is 0 Å². The molecule has 2 nitrogen and oxygen atoms in total. The second-order valence-electron chi connectivity index (χ2n) is 6.59. The van der Waals surface area contributed by atoms with Gasteiger partial charge in [0, 0.05) is 18.3 Å². The molecule has 0 spiro atoms. The number of halogens is 1. The summed E-state index contributed by atoms with van der Waals surface area (Å²) in [6.07, 6.45) is 2.79. The van der Waals surface area contributed by atoms with E-state index in [9.17, 15) is 4.79 Å². The summed E-state index contributed by atoms with van der Waals surface area (Å²) in [7, 11) is 0. The van der Waals surface area contributed by atoms with E-state index in [1.54, 1.807) is 0 Å². The first kappa shape index (κ1) is 17.9. The second-order valence-corrected chi connectivity index (χ2v) is 7.15. The Balaban J connectivity index is 4.26. The van der Waals surface area contributed by atoms with E-state index in [1.807, 2.05) is 0 Å². The Morgan fingerprint density at radius 1 is 1.22 bits per heavy atom. The number of nitrogens with one attached hydrogen (secondary N) is 1. The van der Waals surface area contributed by atoms with Gasteiger partial charge in [-0.3, -0.25) is 4.79 Å². The summed E-state index contributed by atoms with van der Waals surface area (Å²) in [5.74, 6) is 0.587. The van der Waals surface area contributed by atoms with Gasteiger partial charge in [0.2, 0.25) is 5.91 Å². The van der Waals surface area contributed by atoms with Crippen LogP contribution in [0, 0.1) is 16.7 Å². The summed E-state index contributed by atoms with van der Waals surface area (Å²) in [6.45, 7) is 13.9. The number of rotatable bonds is 7. The van der Waals surface area contributed by atoms with Gasteiger partial charge < -0.3 is 5.32 Å². The summed E-state index contributed by atoms with van der Waals surface area (Å²) >= 11 is 3.57. The number of hydrogen-bond donors (Lipinski definition) is 1. The third kappa shape index (κ3) is 5.73. The van der Waals surface area contributed by atoms with Crippen molar-refractivity contribution in [2.24, 2.45) is 16.7 Å². The summed E-state index contributed by atoms with van der Waals surface area (Å²) in [4.78, 5) is 12.0. The van der Waals surface area contributed by atoms with E-state index < -0.39 is 0 Å². The van der Waals surface area contributed by atoms with Crippen LogP contribution in [0.3, 0.4) is 0 Å². The fourth-order valence-corrected chi connectivity index (χ4v) is 2.67. The zero-order chi connectivity index (χ0) is 14.4. The van der Waals surface area contributed by atoms with Crippen LogP contribution in [-0.2, 0) is 4.79 Å². The molecule has 108 valence electrons. The van der Waals surface area contributed by atoms with E-state index in [2.05, 4.69) is 62.8 Å². The molecule has 0 aromatic rings. The van der Waals surface area contributed by atoms with Gasteiger partial charge in [0.05, 0.1) is 0 Å². The molecule has 0 aromatic heterocycles. The minimum atomic E-state index is 0.185. The number of carbonyl (C=O) groups excluding carboxylic acids is 1. The van der Waals surface area contributed by atoms with Crippen LogP contribution < -0.4 is 5.32 Å². The van der Waals surface area contributed by atoms with Crippen molar-refractivity contribution in [1.29, 1.82) is 0 Å². The first-order valence-electron chi connectivity index (χ1n) is 7.03. The fourth-order valence-electron chi connectivity index (χ4n) is 1.68. The van der Waals surface area contributed by atoms with Crippen molar-refractivity contribution in [1.82, 2.24) is 5.32 Å². The minimum absolute atomic E-state index is 0.185. The normalized spacial score (nSPS) is 14.4. The molecule has 0 aromatic carbocycles. The standard InChI is InChI=1S/C15H30BrNO/c1-7-15(8-2,10-16)11-17-13(18)9-12(3)14(4,5)6/h12H,7-11H2,1-6H3,(H,17,18). The Hall–Kier alpha value is -0.0500. The largest absolute Gasteiger partial charge is 0.356 e. The van der Waals surface area contributed by atoms with Gasteiger partial charge in [0.25, 0.3) is 0 Å². The molecule has 1 N–H and O–H groups in total. The highest BCUT2D eigenvalue weighted by atomic mass is 79.9. The Labute approximate surface area is 121 Å². The third-order valence-electron chi connectivity index (χ3n) is 4.41. The number of hydrogen-bond acceptors (Lipinski definition) is 1. The quantitative estimate of drug-likeness (QED) is 0.693. The predicted molar refractivity (Wildman–Crippen MR) is 83.1 cm³/mol. The number of alkyl halides is 1. The molecule has 0 aliphatic heterocycles. The van der Waals surface area contributed by atoms with E-state index >= 15 is 0 Å². The van der Waals surface area contributed by atoms with Gasteiger partial charge in [0.15, 0.2) is 0 Å². The van der Waals surface area contributed by atoms with Crippen LogP contribution in [0.5, 0.6) is 0 Å². The summed E-state index contributed by atoms with van der Waals surface area (Å²) in [6, 6.07) is 0. The van der Waals surface area contributed by atoms with Gasteiger partial charge in [0.1, 0.15) is 0 Å². The molecule has 0 saturated heterocycles. The van der Waals surface area contributed by atoms with Gasteiger partial charge in [-0.05, 0) is 29.6 Å². The van der Waals surface area contributed by atoms with Crippen molar-refractivity contribution in [3.05, 3.63) is 0 Å². The Kier molecular flexibility index (Phi) is 7.50. The maximum absolute atomic E-state index is 12.0. The van der Waals surface area contributed by atoms with Gasteiger partial charge in [-0.25, -0.2) is 0 Å². The minimum Gasteiger partial charge on any atom is -0.356 e. The first-order chi connectivity index (χ1) is 8.20. The summed E-state index contributed by atoms with van der Waals surface area (Å²) in [5, 5.41) is 4.06. The van der Waals surface area contributed by atoms with Crippen molar-refractivity contribution in [3.8, 4) is 0 Å². The average molecular weight is 320 g/mol. The van der Waals surface area contributed by atoms with E-state index in [4.69, 9.17) is 0 Å². The first-order valence-corrected chi connectivity index (χ1v) is 8.15. The van der Waals surface area contributed by atoms with Crippen LogP contribution in [-0.4, -0.2) is 17.8 Å². The Morgan fingerprint density at radius 2 is 1.72 bits per heavy atom. The molecular weight excluding hydrogens is 290 g/mol. The Morgan fingerprint density at radius 3 is 2.06 bits per heavy atom. The van der Waals surface area contributed by atoms with Crippen LogP contribution in [0.1, 0.15) is 60.8 Å². The van der Waals surface area contributed by atoms with Gasteiger partial charge in [-0.1, -0.05) is 57.5 Å². The van der Waals surface area contributed by atoms with Crippen LogP contribution >= 0.6 is 15.9 Å². The zero-order valence-electron chi connectivity index (χ0n) is 12.9. The van der Waals surface area contributed by atoms with E-state index in [0.717, 1.165) is 24.7 Å². The molecule has 1 amide bonds. The molecule has 0 fully saturated rings. The van der Waals surface area contributed by atoms with E-state index in [-0.39, 0.29) is 16.7 Å². The lowest BCUT2D eigenvalue weighted by Crippen LogP contribution is -2.39. The summed E-state index contributed by atoms with van der Waals surface area (Å²) < 4.78 is 0. The summed E-state index contributed by atoms with van der Waals surface area (Å²) in [5.41, 5.74) is 0.403. The highest BCUT2D eigenvalue weighted by Gasteiger charge is 2.27. The molecule has 1 unspecified atom stereocenters. The van der Waals surface area contributed by atoms with Crippen LogP contribution in [0.2, 0.25) is 0 Å². The molecule has 0 bridgehead atoms. The zero-order valence-corrected chi connectivity index (χ0v) is 14.5. The molecule has 0 saturated carbocycles. The molecule has 0 aliphatic rings. The van der Waals surface area contributed by atoms with Crippen molar-refractivity contribution < 1.29 is 4.79 Å². The molecule has 0 rings (SSSR count). The highest BCUT2D eigenvalue weighted by molar-refractivity contribution is 9.09. The van der Waals surface area contributed by atoms with Crippen LogP contribution in [0.4, 0.5) is 0 Å². The van der Waals surface area contributed by atoms with Gasteiger partial charge >= 0.3 is 0 Å². The molecule has 0 aliphatic carbocycles. The fraction of sp³-hybridized carbons (Fsp3) is 0.933. The van der Waals surface area contributed by atoms with Gasteiger partial charge in [-0.15, -0.1) is 0 Å². The maximum atomic E-state index is 12.0. The SMILES string of the molecule is CCC(CC)(CBr)CNC(=O)CC(C)C(C)(C)C. The van der Waals surface area contributed by atoms with E-state index in [0.29, 0.717) is 12.3 Å². The van der Waals surface area contributed by atoms with Crippen molar-refractivity contribution in [3.63, 3.8) is 0 Å². The van der Waals surface area contributed by atoms with Crippen LogP contribution in [0.15, 0.2) is 0 Å². The molecule has 3 heteroatoms. The number of amides is 1. The molecular formula is C15H30BrNO. The van der Waals surface area contributed by atoms with Crippen molar-refractivity contribution in [2.75, 3.05) is 11.9 Å². The lowest BCUT2D eigenvalue weighted by atomic mass is 9.80. The van der Waals surface area contributed by atoms with Gasteiger partial charge in [-0.2, -0.15) is 0 Å². The second kappa shape index (κ2) is 7.52. The lowest BCUT2D eigenvalue weighted by Gasteiger charge is -2.31. The molecule has 1 atom stereocenters. The van der Waals surface area contributed by atoms with Crippen LogP contribution in [0.25, 0.3) is 0 Å².